The van der Waals surface area contributed by atoms with Crippen LogP contribution in [0.4, 0.5) is 0 Å². The van der Waals surface area contributed by atoms with Crippen molar-refractivity contribution < 1.29 is 28.6 Å². The number of ether oxygens (including phenoxy) is 3. The van der Waals surface area contributed by atoms with Crippen LogP contribution >= 0.6 is 0 Å². The number of hydrogen-bond donors (Lipinski definition) is 0. The zero-order valence-corrected chi connectivity index (χ0v) is 51.0. The van der Waals surface area contributed by atoms with Crippen molar-refractivity contribution in [3.8, 4) is 0 Å². The number of hydrogen-bond acceptors (Lipinski definition) is 6. The van der Waals surface area contributed by atoms with Gasteiger partial charge < -0.3 is 14.2 Å². The highest BCUT2D eigenvalue weighted by molar-refractivity contribution is 5.71. The van der Waals surface area contributed by atoms with Crippen LogP contribution in [0.25, 0.3) is 0 Å². The van der Waals surface area contributed by atoms with E-state index >= 15 is 0 Å². The van der Waals surface area contributed by atoms with E-state index in [2.05, 4.69) is 69.4 Å². The second-order valence-electron chi connectivity index (χ2n) is 22.7. The highest BCUT2D eigenvalue weighted by Crippen LogP contribution is 2.18. The van der Waals surface area contributed by atoms with Crippen LogP contribution < -0.4 is 0 Å². The second-order valence-corrected chi connectivity index (χ2v) is 22.7. The molecule has 0 aromatic carbocycles. The minimum absolute atomic E-state index is 0.0658. The third kappa shape index (κ3) is 62.2. The summed E-state index contributed by atoms with van der Waals surface area (Å²) in [4.78, 5) is 38.2. The lowest BCUT2D eigenvalue weighted by Gasteiger charge is -2.18. The molecule has 1 atom stereocenters. The Morgan fingerprint density at radius 2 is 0.513 bits per heavy atom. The molecular formula is C70H128O6. The molecule has 0 aliphatic rings. The van der Waals surface area contributed by atoms with Gasteiger partial charge in [-0.05, 0) is 57.8 Å². The molecule has 0 saturated carbocycles. The average molecular weight is 1070 g/mol. The molecule has 0 rings (SSSR count). The Bertz CT molecular complexity index is 1310. The van der Waals surface area contributed by atoms with Crippen LogP contribution in [0.3, 0.4) is 0 Å². The summed E-state index contributed by atoms with van der Waals surface area (Å²) in [6.45, 7) is 6.57. The van der Waals surface area contributed by atoms with Gasteiger partial charge in [0.15, 0.2) is 6.10 Å². The minimum atomic E-state index is -0.766. The molecule has 0 saturated heterocycles. The molecule has 0 amide bonds. The summed E-state index contributed by atoms with van der Waals surface area (Å²) in [7, 11) is 0. The predicted octanol–water partition coefficient (Wildman–Crippen LogP) is 22.9. The predicted molar refractivity (Wildman–Crippen MR) is 330 cm³/mol. The molecule has 0 spiro atoms. The van der Waals surface area contributed by atoms with Crippen LogP contribution in [0.15, 0.2) is 48.6 Å². The molecule has 0 N–H and O–H groups in total. The van der Waals surface area contributed by atoms with E-state index in [1.165, 1.54) is 238 Å². The van der Waals surface area contributed by atoms with Crippen molar-refractivity contribution >= 4 is 17.9 Å². The van der Waals surface area contributed by atoms with Crippen molar-refractivity contribution in [3.05, 3.63) is 48.6 Å². The third-order valence-electron chi connectivity index (χ3n) is 15.1. The van der Waals surface area contributed by atoms with E-state index in [1.54, 1.807) is 0 Å². The molecule has 0 radical (unpaired) electrons. The van der Waals surface area contributed by atoms with Gasteiger partial charge in [0.25, 0.3) is 0 Å². The molecule has 0 fully saturated rings. The molecule has 444 valence electrons. The number of unbranched alkanes of at least 4 members (excludes halogenated alkanes) is 43. The molecule has 0 heterocycles. The number of rotatable bonds is 62. The normalized spacial score (nSPS) is 12.3. The minimum Gasteiger partial charge on any atom is -0.462 e. The summed E-state index contributed by atoms with van der Waals surface area (Å²) in [5.41, 5.74) is 0. The average Bonchev–Trinajstić information content (AvgIpc) is 3.42. The molecular weight excluding hydrogens is 937 g/mol. The summed E-state index contributed by atoms with van der Waals surface area (Å²) < 4.78 is 16.9. The van der Waals surface area contributed by atoms with E-state index in [9.17, 15) is 14.4 Å². The second kappa shape index (κ2) is 64.9. The summed E-state index contributed by atoms with van der Waals surface area (Å²) in [6.07, 6.45) is 81.5. The first-order chi connectivity index (χ1) is 37.5. The van der Waals surface area contributed by atoms with Gasteiger partial charge in [0, 0.05) is 19.3 Å². The van der Waals surface area contributed by atoms with E-state index in [0.717, 1.165) is 83.5 Å². The lowest BCUT2D eigenvalue weighted by atomic mass is 10.0. The Hall–Kier alpha value is -2.63. The fourth-order valence-electron chi connectivity index (χ4n) is 10.1. The SMILES string of the molecule is CC/C=C\C/C=C\C/C=C\C/C=C\CCCCCCCCCCCCCCCCCCCCC(=O)OCC(COC(=O)CCCCCCCCCCC)OC(=O)CCCCCCCCCCCCCCCCCCCC. The van der Waals surface area contributed by atoms with E-state index in [4.69, 9.17) is 14.2 Å². The van der Waals surface area contributed by atoms with Crippen LogP contribution in [0.2, 0.25) is 0 Å². The van der Waals surface area contributed by atoms with Gasteiger partial charge in [-0.3, -0.25) is 14.4 Å². The molecule has 6 nitrogen and oxygen atoms in total. The highest BCUT2D eigenvalue weighted by Gasteiger charge is 2.19. The zero-order valence-electron chi connectivity index (χ0n) is 51.0. The molecule has 0 aliphatic carbocycles. The number of esters is 3. The monoisotopic (exact) mass is 1060 g/mol. The largest absolute Gasteiger partial charge is 0.462 e. The maximum Gasteiger partial charge on any atom is 0.306 e. The molecule has 1 unspecified atom stereocenters. The van der Waals surface area contributed by atoms with Gasteiger partial charge in [0.05, 0.1) is 0 Å². The molecule has 0 aliphatic heterocycles. The van der Waals surface area contributed by atoms with E-state index in [0.29, 0.717) is 19.3 Å². The summed E-state index contributed by atoms with van der Waals surface area (Å²) in [5, 5.41) is 0. The smallest absolute Gasteiger partial charge is 0.306 e. The Kier molecular flexibility index (Phi) is 62.6. The Morgan fingerprint density at radius 3 is 0.803 bits per heavy atom. The summed E-state index contributed by atoms with van der Waals surface area (Å²) in [6, 6.07) is 0. The van der Waals surface area contributed by atoms with Gasteiger partial charge >= 0.3 is 17.9 Å². The maximum atomic E-state index is 12.9. The van der Waals surface area contributed by atoms with Gasteiger partial charge in [-0.1, -0.05) is 333 Å². The standard InChI is InChI=1S/C70H128O6/c1-4-7-10-13-16-19-21-23-25-27-29-30-31-32-33-34-35-36-37-38-39-40-41-43-44-46-48-51-54-57-60-63-69(72)75-66-67(65-74-68(71)62-59-56-53-50-18-15-12-9-6-3)76-70(73)64-61-58-55-52-49-47-45-42-28-26-24-22-20-17-14-11-8-5-2/h7,10,16,19,23,25,29-30,67H,4-6,8-9,11-15,17-18,20-22,24,26-28,31-66H2,1-3H3/b10-7-,19-16-,25-23-,30-29-. The van der Waals surface area contributed by atoms with Crippen molar-refractivity contribution in [1.82, 2.24) is 0 Å². The van der Waals surface area contributed by atoms with Crippen molar-refractivity contribution in [1.29, 1.82) is 0 Å². The van der Waals surface area contributed by atoms with Crippen molar-refractivity contribution in [2.75, 3.05) is 13.2 Å². The lowest BCUT2D eigenvalue weighted by molar-refractivity contribution is -0.167. The number of carbonyl (C=O) groups excluding carboxylic acids is 3. The maximum absolute atomic E-state index is 12.9. The fourth-order valence-corrected chi connectivity index (χ4v) is 10.1. The topological polar surface area (TPSA) is 78.9 Å². The lowest BCUT2D eigenvalue weighted by Crippen LogP contribution is -2.30. The van der Waals surface area contributed by atoms with Crippen molar-refractivity contribution in [3.63, 3.8) is 0 Å². The molecule has 0 aromatic rings. The molecule has 76 heavy (non-hydrogen) atoms. The van der Waals surface area contributed by atoms with E-state index in [-0.39, 0.29) is 31.1 Å². The van der Waals surface area contributed by atoms with Gasteiger partial charge in [-0.2, -0.15) is 0 Å². The van der Waals surface area contributed by atoms with Gasteiger partial charge in [-0.15, -0.1) is 0 Å². The molecule has 0 bridgehead atoms. The molecule has 6 heteroatoms. The van der Waals surface area contributed by atoms with Crippen LogP contribution in [0.1, 0.15) is 361 Å². The number of carbonyl (C=O) groups is 3. The Labute approximate surface area is 473 Å². The Balaban J connectivity index is 4.07. The highest BCUT2D eigenvalue weighted by atomic mass is 16.6. The van der Waals surface area contributed by atoms with Gasteiger partial charge in [0.2, 0.25) is 0 Å². The Morgan fingerprint density at radius 1 is 0.276 bits per heavy atom. The zero-order chi connectivity index (χ0) is 55.0. The van der Waals surface area contributed by atoms with Gasteiger partial charge in [-0.25, -0.2) is 0 Å². The fraction of sp³-hybridized carbons (Fsp3) is 0.843. The van der Waals surface area contributed by atoms with Crippen LogP contribution in [0.5, 0.6) is 0 Å². The first-order valence-electron chi connectivity index (χ1n) is 33.6. The first-order valence-corrected chi connectivity index (χ1v) is 33.6. The van der Waals surface area contributed by atoms with Crippen molar-refractivity contribution in [2.24, 2.45) is 0 Å². The number of allylic oxidation sites excluding steroid dienone is 8. The summed E-state index contributed by atoms with van der Waals surface area (Å²) in [5.74, 6) is -0.842. The van der Waals surface area contributed by atoms with Crippen LogP contribution in [-0.4, -0.2) is 37.2 Å². The third-order valence-corrected chi connectivity index (χ3v) is 15.1. The summed E-state index contributed by atoms with van der Waals surface area (Å²) >= 11 is 0. The van der Waals surface area contributed by atoms with Crippen molar-refractivity contribution in [2.45, 2.75) is 367 Å². The van der Waals surface area contributed by atoms with Gasteiger partial charge in [0.1, 0.15) is 13.2 Å². The van der Waals surface area contributed by atoms with Crippen LogP contribution in [0, 0.1) is 0 Å². The first kappa shape index (κ1) is 73.4. The molecule has 0 aromatic heterocycles. The van der Waals surface area contributed by atoms with E-state index < -0.39 is 6.10 Å². The van der Waals surface area contributed by atoms with E-state index in [1.807, 2.05) is 0 Å². The quantitative estimate of drug-likeness (QED) is 0.0261. The van der Waals surface area contributed by atoms with Crippen LogP contribution in [-0.2, 0) is 28.6 Å².